The van der Waals surface area contributed by atoms with E-state index in [1.807, 2.05) is 59.1 Å². The minimum atomic E-state index is -0.170. The van der Waals surface area contributed by atoms with Crippen LogP contribution in [0.1, 0.15) is 43.0 Å². The number of urea groups is 1. The van der Waals surface area contributed by atoms with Gasteiger partial charge in [0.2, 0.25) is 0 Å². The van der Waals surface area contributed by atoms with Crippen molar-refractivity contribution in [2.24, 2.45) is 0 Å². The molecule has 0 spiro atoms. The Morgan fingerprint density at radius 1 is 1.10 bits per heavy atom. The Hall–Kier alpha value is -2.83. The molecule has 2 aliphatic rings. The first-order valence-electron chi connectivity index (χ1n) is 10.2. The summed E-state index contributed by atoms with van der Waals surface area (Å²) in [6, 6.07) is 11.2. The molecule has 0 radical (unpaired) electrons. The first-order chi connectivity index (χ1) is 15.0. The highest BCUT2D eigenvalue weighted by Gasteiger charge is 2.37. The van der Waals surface area contributed by atoms with Gasteiger partial charge in [-0.05, 0) is 55.2 Å². The third-order valence-electron chi connectivity index (χ3n) is 5.94. The molecule has 2 aromatic heterocycles. The van der Waals surface area contributed by atoms with E-state index in [4.69, 9.17) is 23.2 Å². The summed E-state index contributed by atoms with van der Waals surface area (Å²) in [6.07, 6.45) is 9.25. The number of carbonyl (C=O) groups excluding carboxylic acids is 1. The van der Waals surface area contributed by atoms with Gasteiger partial charge >= 0.3 is 6.03 Å². The molecule has 1 fully saturated rings. The molecular formula is C23H21Cl2N5O. The van der Waals surface area contributed by atoms with E-state index in [1.54, 1.807) is 23.4 Å². The zero-order chi connectivity index (χ0) is 21.5. The minimum Gasteiger partial charge on any atom is -0.317 e. The summed E-state index contributed by atoms with van der Waals surface area (Å²) in [4.78, 5) is 21.6. The van der Waals surface area contributed by atoms with Crippen LogP contribution in [0.4, 0.5) is 10.6 Å². The first-order valence-corrected chi connectivity index (χ1v) is 11.0. The van der Waals surface area contributed by atoms with E-state index in [-0.39, 0.29) is 18.1 Å². The highest BCUT2D eigenvalue weighted by atomic mass is 35.5. The van der Waals surface area contributed by atoms with Crippen molar-refractivity contribution in [3.05, 3.63) is 87.9 Å². The standard InChI is InChI=1S/C23H21Cl2N5O/c1-15-12-21(16-6-7-18(24)19(25)13-16)30-22(8-10-27-30)29(15)23(31)28-11-3-5-20(28)17-4-2-9-26-14-17/h2,4,6-10,12-14,20-21H,3,5,11H2,1H3. The Kier molecular flexibility index (Phi) is 5.20. The number of allylic oxidation sites excluding steroid dienone is 2. The molecule has 0 saturated carbocycles. The molecule has 8 heteroatoms. The summed E-state index contributed by atoms with van der Waals surface area (Å²) in [5.41, 5.74) is 2.88. The van der Waals surface area contributed by atoms with Crippen LogP contribution in [0.2, 0.25) is 10.0 Å². The number of rotatable bonds is 2. The number of benzene rings is 1. The number of hydrogen-bond acceptors (Lipinski definition) is 3. The molecular weight excluding hydrogens is 433 g/mol. The van der Waals surface area contributed by atoms with E-state index in [2.05, 4.69) is 10.1 Å². The van der Waals surface area contributed by atoms with Gasteiger partial charge in [0.25, 0.3) is 0 Å². The lowest BCUT2D eigenvalue weighted by molar-refractivity contribution is 0.200. The molecule has 2 unspecified atom stereocenters. The fourth-order valence-electron chi connectivity index (χ4n) is 4.48. The molecule has 158 valence electrons. The zero-order valence-corrected chi connectivity index (χ0v) is 18.5. The van der Waals surface area contributed by atoms with Gasteiger partial charge in [-0.2, -0.15) is 5.10 Å². The number of nitrogens with zero attached hydrogens (tertiary/aromatic N) is 5. The molecule has 2 atom stereocenters. The Labute approximate surface area is 190 Å². The van der Waals surface area contributed by atoms with E-state index in [1.165, 1.54) is 0 Å². The van der Waals surface area contributed by atoms with Crippen LogP contribution in [0, 0.1) is 0 Å². The lowest BCUT2D eigenvalue weighted by Crippen LogP contribution is -2.44. The van der Waals surface area contributed by atoms with Crippen LogP contribution in [0.25, 0.3) is 0 Å². The molecule has 2 amide bonds. The smallest absolute Gasteiger partial charge is 0.317 e. The van der Waals surface area contributed by atoms with Crippen molar-refractivity contribution in [3.8, 4) is 0 Å². The molecule has 1 saturated heterocycles. The monoisotopic (exact) mass is 453 g/mol. The number of fused-ring (bicyclic) bond motifs is 1. The van der Waals surface area contributed by atoms with Crippen LogP contribution in [-0.4, -0.2) is 32.2 Å². The Balaban J connectivity index is 1.50. The summed E-state index contributed by atoms with van der Waals surface area (Å²) < 4.78 is 1.85. The van der Waals surface area contributed by atoms with Crippen molar-refractivity contribution < 1.29 is 4.79 Å². The van der Waals surface area contributed by atoms with Gasteiger partial charge in [0, 0.05) is 30.7 Å². The van der Waals surface area contributed by atoms with E-state index in [9.17, 15) is 4.79 Å². The normalized spacial score (nSPS) is 20.5. The maximum atomic E-state index is 13.7. The van der Waals surface area contributed by atoms with Crippen molar-refractivity contribution in [3.63, 3.8) is 0 Å². The van der Waals surface area contributed by atoms with Crippen molar-refractivity contribution in [2.75, 3.05) is 11.4 Å². The summed E-state index contributed by atoms with van der Waals surface area (Å²) in [7, 11) is 0. The van der Waals surface area contributed by atoms with Crippen LogP contribution in [0.5, 0.6) is 0 Å². The number of halogens is 2. The molecule has 31 heavy (non-hydrogen) atoms. The zero-order valence-electron chi connectivity index (χ0n) is 16.9. The molecule has 0 bridgehead atoms. The van der Waals surface area contributed by atoms with Crippen LogP contribution in [0.15, 0.2) is 66.8 Å². The topological polar surface area (TPSA) is 54.3 Å². The third kappa shape index (κ3) is 3.50. The number of likely N-dealkylation sites (tertiary alicyclic amines) is 1. The molecule has 5 rings (SSSR count). The van der Waals surface area contributed by atoms with E-state index in [0.717, 1.165) is 35.5 Å². The molecule has 0 N–H and O–H groups in total. The molecule has 4 heterocycles. The predicted octanol–water partition coefficient (Wildman–Crippen LogP) is 5.86. The molecule has 3 aromatic rings. The average molecular weight is 454 g/mol. The van der Waals surface area contributed by atoms with Crippen LogP contribution < -0.4 is 4.90 Å². The second kappa shape index (κ2) is 8.02. The lowest BCUT2D eigenvalue weighted by Gasteiger charge is -2.36. The van der Waals surface area contributed by atoms with Gasteiger partial charge in [-0.3, -0.25) is 9.88 Å². The Morgan fingerprint density at radius 3 is 2.74 bits per heavy atom. The summed E-state index contributed by atoms with van der Waals surface area (Å²) in [5.74, 6) is 0.734. The van der Waals surface area contributed by atoms with Gasteiger partial charge in [0.15, 0.2) is 0 Å². The Morgan fingerprint density at radius 2 is 1.97 bits per heavy atom. The minimum absolute atomic E-state index is 0.0261. The molecule has 2 aliphatic heterocycles. The van der Waals surface area contributed by atoms with Gasteiger partial charge in [-0.25, -0.2) is 9.48 Å². The number of amides is 2. The number of pyridine rings is 1. The average Bonchev–Trinajstić information content (AvgIpc) is 3.45. The maximum absolute atomic E-state index is 13.7. The third-order valence-corrected chi connectivity index (χ3v) is 6.68. The fourth-order valence-corrected chi connectivity index (χ4v) is 4.79. The van der Waals surface area contributed by atoms with Gasteiger partial charge in [-0.1, -0.05) is 35.3 Å². The summed E-state index contributed by atoms with van der Waals surface area (Å²) in [6.45, 7) is 2.67. The van der Waals surface area contributed by atoms with Crippen molar-refractivity contribution in [1.82, 2.24) is 19.7 Å². The SMILES string of the molecule is CC1=CC(c2ccc(Cl)c(Cl)c2)n2nccc2N1C(=O)N1CCCC1c1cccnc1. The van der Waals surface area contributed by atoms with E-state index in [0.29, 0.717) is 16.6 Å². The van der Waals surface area contributed by atoms with Gasteiger partial charge < -0.3 is 4.90 Å². The highest BCUT2D eigenvalue weighted by molar-refractivity contribution is 6.42. The fraction of sp³-hybridized carbons (Fsp3) is 0.261. The number of carbonyl (C=O) groups is 1. The van der Waals surface area contributed by atoms with Crippen molar-refractivity contribution >= 4 is 35.1 Å². The van der Waals surface area contributed by atoms with Crippen LogP contribution in [0.3, 0.4) is 0 Å². The number of hydrogen-bond donors (Lipinski definition) is 0. The van der Waals surface area contributed by atoms with Crippen molar-refractivity contribution in [2.45, 2.75) is 31.8 Å². The van der Waals surface area contributed by atoms with Crippen LogP contribution in [-0.2, 0) is 0 Å². The summed E-state index contributed by atoms with van der Waals surface area (Å²) >= 11 is 12.3. The quantitative estimate of drug-likeness (QED) is 0.488. The summed E-state index contributed by atoms with van der Waals surface area (Å²) in [5, 5.41) is 5.51. The lowest BCUT2D eigenvalue weighted by atomic mass is 10.0. The second-order valence-corrected chi connectivity index (χ2v) is 8.63. The largest absolute Gasteiger partial charge is 0.330 e. The first kappa shape index (κ1) is 20.1. The van der Waals surface area contributed by atoms with Gasteiger partial charge in [-0.15, -0.1) is 0 Å². The van der Waals surface area contributed by atoms with E-state index >= 15 is 0 Å². The number of anilines is 1. The molecule has 0 aliphatic carbocycles. The molecule has 1 aromatic carbocycles. The number of aromatic nitrogens is 3. The van der Waals surface area contributed by atoms with Crippen molar-refractivity contribution in [1.29, 1.82) is 0 Å². The predicted molar refractivity (Wildman–Crippen MR) is 121 cm³/mol. The van der Waals surface area contributed by atoms with Gasteiger partial charge in [0.1, 0.15) is 5.82 Å². The van der Waals surface area contributed by atoms with Crippen LogP contribution >= 0.6 is 23.2 Å². The Bertz CT molecular complexity index is 1160. The van der Waals surface area contributed by atoms with Gasteiger partial charge in [0.05, 0.1) is 28.3 Å². The highest BCUT2D eigenvalue weighted by Crippen LogP contribution is 2.39. The molecule has 6 nitrogen and oxygen atoms in total. The second-order valence-electron chi connectivity index (χ2n) is 7.82. The van der Waals surface area contributed by atoms with E-state index < -0.39 is 0 Å². The maximum Gasteiger partial charge on any atom is 0.330 e.